The van der Waals surface area contributed by atoms with Crippen LogP contribution >= 0.6 is 11.8 Å². The van der Waals surface area contributed by atoms with Crippen molar-refractivity contribution in [3.63, 3.8) is 0 Å². The highest BCUT2D eigenvalue weighted by Crippen LogP contribution is 2.28. The van der Waals surface area contributed by atoms with E-state index in [0.717, 1.165) is 41.8 Å². The van der Waals surface area contributed by atoms with E-state index >= 15 is 0 Å². The molecular weight excluding hydrogens is 445 g/mol. The Kier molecular flexibility index (Phi) is 6.28. The van der Waals surface area contributed by atoms with E-state index in [4.69, 9.17) is 4.84 Å². The molecule has 5 rings (SSSR count). The molecule has 0 atom stereocenters. The van der Waals surface area contributed by atoms with E-state index in [0.29, 0.717) is 42.2 Å². The Bertz CT molecular complexity index is 1240. The average Bonchev–Trinajstić information content (AvgIpc) is 2.82. The molecule has 1 saturated carbocycles. The quantitative estimate of drug-likeness (QED) is 0.573. The normalized spacial score (nSPS) is 20.3. The number of aromatic nitrogens is 3. The van der Waals surface area contributed by atoms with Gasteiger partial charge in [0, 0.05) is 30.1 Å². The first-order valence-corrected chi connectivity index (χ1v) is 12.0. The highest BCUT2D eigenvalue weighted by atomic mass is 32.2. The van der Waals surface area contributed by atoms with E-state index in [9.17, 15) is 14.0 Å². The van der Waals surface area contributed by atoms with Crippen LogP contribution in [-0.4, -0.2) is 39.0 Å². The van der Waals surface area contributed by atoms with E-state index in [2.05, 4.69) is 20.6 Å². The minimum atomic E-state index is -0.401. The standard InChI is InChI=1S/C23H24FN5O3S/c24-16-5-3-15-4-8-21(31)29(19(15)9-16)32-12-14-1-6-17(7-2-14)25-10-18-11-26-23-22(27-18)28-20(30)13-33-23/h3-5,8-9,11,14,17,25H,1-2,6-7,10,12-13H2,(H,27,28,30). The minimum Gasteiger partial charge on any atom is -0.410 e. The molecule has 1 fully saturated rings. The maximum absolute atomic E-state index is 13.7. The van der Waals surface area contributed by atoms with Gasteiger partial charge in [0.1, 0.15) is 17.5 Å². The molecule has 1 aromatic carbocycles. The number of carbonyl (C=O) groups excluding carboxylic acids is 1. The number of pyridine rings is 1. The maximum atomic E-state index is 13.7. The van der Waals surface area contributed by atoms with Crippen molar-refractivity contribution in [2.24, 2.45) is 5.92 Å². The Morgan fingerprint density at radius 1 is 1.18 bits per heavy atom. The van der Waals surface area contributed by atoms with Crippen molar-refractivity contribution in [1.29, 1.82) is 0 Å². The molecule has 2 aliphatic rings. The molecule has 172 valence electrons. The van der Waals surface area contributed by atoms with Crippen LogP contribution in [-0.2, 0) is 11.3 Å². The van der Waals surface area contributed by atoms with E-state index in [1.807, 2.05) is 0 Å². The Labute approximate surface area is 193 Å². The van der Waals surface area contributed by atoms with Gasteiger partial charge in [-0.05, 0) is 49.8 Å². The van der Waals surface area contributed by atoms with Crippen molar-refractivity contribution in [3.8, 4) is 0 Å². The van der Waals surface area contributed by atoms with Gasteiger partial charge in [0.05, 0.1) is 23.2 Å². The number of nitrogens with zero attached hydrogens (tertiary/aromatic N) is 3. The molecule has 10 heteroatoms. The Hall–Kier alpha value is -2.98. The van der Waals surface area contributed by atoms with Gasteiger partial charge in [-0.3, -0.25) is 9.59 Å². The number of fused-ring (bicyclic) bond motifs is 2. The fraction of sp³-hybridized carbons (Fsp3) is 0.391. The summed E-state index contributed by atoms with van der Waals surface area (Å²) in [6.45, 7) is 1.000. The van der Waals surface area contributed by atoms with Gasteiger partial charge in [0.25, 0.3) is 5.56 Å². The number of hydrogen-bond donors (Lipinski definition) is 2. The van der Waals surface area contributed by atoms with Gasteiger partial charge in [-0.1, -0.05) is 11.8 Å². The number of anilines is 1. The number of carbonyl (C=O) groups is 1. The molecule has 8 nitrogen and oxygen atoms in total. The van der Waals surface area contributed by atoms with Crippen LogP contribution in [0.5, 0.6) is 0 Å². The van der Waals surface area contributed by atoms with Crippen molar-refractivity contribution in [2.45, 2.75) is 43.3 Å². The Morgan fingerprint density at radius 3 is 2.85 bits per heavy atom. The molecule has 0 saturated heterocycles. The van der Waals surface area contributed by atoms with Gasteiger partial charge in [0.2, 0.25) is 5.91 Å². The molecule has 0 unspecified atom stereocenters. The topological polar surface area (TPSA) is 98.1 Å². The summed E-state index contributed by atoms with van der Waals surface area (Å²) in [4.78, 5) is 38.6. The number of hydrogen-bond acceptors (Lipinski definition) is 7. The summed E-state index contributed by atoms with van der Waals surface area (Å²) in [6.07, 6.45) is 5.65. The Balaban J connectivity index is 1.13. The fourth-order valence-corrected chi connectivity index (χ4v) is 4.97. The maximum Gasteiger partial charge on any atom is 0.283 e. The Morgan fingerprint density at radius 2 is 2.00 bits per heavy atom. The summed E-state index contributed by atoms with van der Waals surface area (Å²) in [6, 6.07) is 7.81. The first-order chi connectivity index (χ1) is 16.0. The van der Waals surface area contributed by atoms with E-state index < -0.39 is 5.82 Å². The van der Waals surface area contributed by atoms with Crippen LogP contribution in [0.3, 0.4) is 0 Å². The molecule has 2 N–H and O–H groups in total. The lowest BCUT2D eigenvalue weighted by Crippen LogP contribution is -2.36. The highest BCUT2D eigenvalue weighted by Gasteiger charge is 2.23. The van der Waals surface area contributed by atoms with Gasteiger partial charge < -0.3 is 15.5 Å². The molecule has 1 amide bonds. The van der Waals surface area contributed by atoms with Gasteiger partial charge in [-0.25, -0.2) is 14.4 Å². The number of nitrogens with one attached hydrogen (secondary N) is 2. The third-order valence-corrected chi connectivity index (χ3v) is 7.04. The SMILES string of the molecule is O=C1CSc2ncc(CNC3CCC(COn4c(=O)ccc5ccc(F)cc54)CC3)nc2N1. The predicted octanol–water partition coefficient (Wildman–Crippen LogP) is 2.75. The van der Waals surface area contributed by atoms with Crippen LogP contribution in [0.25, 0.3) is 10.9 Å². The number of benzene rings is 1. The first-order valence-electron chi connectivity index (χ1n) is 11.0. The van der Waals surface area contributed by atoms with Crippen LogP contribution in [0, 0.1) is 11.7 Å². The van der Waals surface area contributed by atoms with Crippen molar-refractivity contribution >= 4 is 34.4 Å². The average molecular weight is 470 g/mol. The summed E-state index contributed by atoms with van der Waals surface area (Å²) in [5.41, 5.74) is 0.937. The molecule has 1 aliphatic heterocycles. The van der Waals surface area contributed by atoms with Crippen LogP contribution in [0.4, 0.5) is 10.2 Å². The molecule has 3 aromatic rings. The number of amides is 1. The zero-order valence-electron chi connectivity index (χ0n) is 17.9. The zero-order chi connectivity index (χ0) is 22.8. The molecule has 0 radical (unpaired) electrons. The van der Waals surface area contributed by atoms with Crippen LogP contribution in [0.15, 0.2) is 46.3 Å². The molecule has 3 heterocycles. The van der Waals surface area contributed by atoms with Crippen LogP contribution in [0.2, 0.25) is 0 Å². The van der Waals surface area contributed by atoms with E-state index in [1.54, 1.807) is 18.3 Å². The predicted molar refractivity (Wildman–Crippen MR) is 124 cm³/mol. The molecule has 0 spiro atoms. The summed E-state index contributed by atoms with van der Waals surface area (Å²) in [5.74, 6) is 0.790. The van der Waals surface area contributed by atoms with Crippen molar-refractivity contribution < 1.29 is 14.0 Å². The number of rotatable bonds is 6. The molecular formula is C23H24FN5O3S. The summed E-state index contributed by atoms with van der Waals surface area (Å²) in [5, 5.41) is 7.81. The van der Waals surface area contributed by atoms with Crippen LogP contribution in [0.1, 0.15) is 31.4 Å². The van der Waals surface area contributed by atoms with E-state index in [-0.39, 0.29) is 11.5 Å². The third kappa shape index (κ3) is 5.01. The number of halogens is 1. The monoisotopic (exact) mass is 469 g/mol. The lowest BCUT2D eigenvalue weighted by atomic mass is 9.86. The lowest BCUT2D eigenvalue weighted by Gasteiger charge is -2.29. The zero-order valence-corrected chi connectivity index (χ0v) is 18.7. The van der Waals surface area contributed by atoms with Crippen molar-refractivity contribution in [3.05, 3.63) is 58.4 Å². The van der Waals surface area contributed by atoms with Crippen molar-refractivity contribution in [2.75, 3.05) is 17.7 Å². The van der Waals surface area contributed by atoms with Crippen molar-refractivity contribution in [1.82, 2.24) is 20.0 Å². The third-order valence-electron chi connectivity index (χ3n) is 6.06. The van der Waals surface area contributed by atoms with Gasteiger partial charge in [-0.2, -0.15) is 0 Å². The molecule has 1 aliphatic carbocycles. The van der Waals surface area contributed by atoms with Gasteiger partial charge in [-0.15, -0.1) is 4.73 Å². The second-order valence-electron chi connectivity index (χ2n) is 8.42. The molecule has 2 aromatic heterocycles. The first kappa shape index (κ1) is 21.8. The lowest BCUT2D eigenvalue weighted by molar-refractivity contribution is -0.113. The highest BCUT2D eigenvalue weighted by molar-refractivity contribution is 8.00. The summed E-state index contributed by atoms with van der Waals surface area (Å²) in [7, 11) is 0. The summed E-state index contributed by atoms with van der Waals surface area (Å²) >= 11 is 1.40. The van der Waals surface area contributed by atoms with Crippen LogP contribution < -0.4 is 21.0 Å². The smallest absolute Gasteiger partial charge is 0.283 e. The fourth-order valence-electron chi connectivity index (χ4n) is 4.27. The minimum absolute atomic E-state index is 0.0525. The molecule has 33 heavy (non-hydrogen) atoms. The molecule has 0 bridgehead atoms. The van der Waals surface area contributed by atoms with Gasteiger partial charge in [0.15, 0.2) is 5.82 Å². The van der Waals surface area contributed by atoms with E-state index in [1.165, 1.54) is 34.7 Å². The second-order valence-corrected chi connectivity index (χ2v) is 9.38. The summed E-state index contributed by atoms with van der Waals surface area (Å²) < 4.78 is 14.9. The number of thioether (sulfide) groups is 1. The largest absolute Gasteiger partial charge is 0.410 e. The van der Waals surface area contributed by atoms with Gasteiger partial charge >= 0.3 is 0 Å². The second kappa shape index (κ2) is 9.48.